The summed E-state index contributed by atoms with van der Waals surface area (Å²) < 4.78 is 0. The highest BCUT2D eigenvalue weighted by molar-refractivity contribution is 8.00. The van der Waals surface area contributed by atoms with Crippen LogP contribution in [-0.2, 0) is 14.4 Å². The van der Waals surface area contributed by atoms with Crippen molar-refractivity contribution in [1.29, 1.82) is 0 Å². The summed E-state index contributed by atoms with van der Waals surface area (Å²) in [6, 6.07) is 7.15. The SMILES string of the molecule is O=C(O)CCCN1C(=O)C2C3CC(C2C1=O)C1C(c2ccccc2O)c2sc(=O)[nH]c2SC31. The Kier molecular flexibility index (Phi) is 4.74. The topological polar surface area (TPSA) is 128 Å². The number of phenols is 1. The number of nitrogens with one attached hydrogen (secondary N) is 1. The molecule has 3 fully saturated rings. The number of aromatic amines is 1. The van der Waals surface area contributed by atoms with Gasteiger partial charge in [0.25, 0.3) is 0 Å². The number of H-pyrrole nitrogens is 1. The van der Waals surface area contributed by atoms with Crippen LogP contribution in [0.3, 0.4) is 0 Å². The van der Waals surface area contributed by atoms with E-state index < -0.39 is 11.9 Å². The van der Waals surface area contributed by atoms with Crippen molar-refractivity contribution in [2.75, 3.05) is 6.54 Å². The average molecular weight is 487 g/mol. The van der Waals surface area contributed by atoms with Crippen LogP contribution in [0.25, 0.3) is 0 Å². The van der Waals surface area contributed by atoms with E-state index >= 15 is 0 Å². The lowest BCUT2D eigenvalue weighted by Gasteiger charge is -2.43. The van der Waals surface area contributed by atoms with Crippen molar-refractivity contribution in [3.8, 4) is 5.75 Å². The first kappa shape index (κ1) is 21.0. The zero-order valence-corrected chi connectivity index (χ0v) is 19.1. The molecule has 0 spiro atoms. The summed E-state index contributed by atoms with van der Waals surface area (Å²) in [5.74, 6) is -2.10. The van der Waals surface area contributed by atoms with Gasteiger partial charge in [0.15, 0.2) is 0 Å². The molecule has 1 aromatic heterocycles. The number of nitrogens with zero attached hydrogens (tertiary/aromatic N) is 1. The Labute approximate surface area is 197 Å². The second-order valence-electron chi connectivity index (χ2n) is 9.34. The number of thioether (sulfide) groups is 1. The summed E-state index contributed by atoms with van der Waals surface area (Å²) in [6.07, 6.45) is 0.951. The van der Waals surface area contributed by atoms with E-state index in [1.807, 2.05) is 12.1 Å². The second kappa shape index (κ2) is 7.46. The van der Waals surface area contributed by atoms with Crippen LogP contribution in [0.5, 0.6) is 5.75 Å². The number of aromatic hydroxyl groups is 1. The predicted molar refractivity (Wildman–Crippen MR) is 120 cm³/mol. The van der Waals surface area contributed by atoms with Gasteiger partial charge in [-0.2, -0.15) is 0 Å². The number of benzene rings is 1. The molecule has 2 saturated carbocycles. The third kappa shape index (κ3) is 2.96. The molecule has 3 N–H and O–H groups in total. The third-order valence-electron chi connectivity index (χ3n) is 7.86. The zero-order chi connectivity index (χ0) is 23.0. The van der Waals surface area contributed by atoms with Crippen molar-refractivity contribution in [2.24, 2.45) is 29.6 Å². The number of fused-ring (bicyclic) bond motifs is 9. The zero-order valence-electron chi connectivity index (χ0n) is 17.5. The lowest BCUT2D eigenvalue weighted by Crippen LogP contribution is -2.42. The van der Waals surface area contributed by atoms with E-state index in [2.05, 4.69) is 4.98 Å². The first-order valence-corrected chi connectivity index (χ1v) is 12.8. The van der Waals surface area contributed by atoms with Gasteiger partial charge >= 0.3 is 10.8 Å². The van der Waals surface area contributed by atoms with E-state index in [0.29, 0.717) is 0 Å². The van der Waals surface area contributed by atoms with Gasteiger partial charge in [-0.25, -0.2) is 0 Å². The smallest absolute Gasteiger partial charge is 0.305 e. The molecular formula is C23H22N2O6S2. The number of aromatic nitrogens is 1. The summed E-state index contributed by atoms with van der Waals surface area (Å²) in [5, 5.41) is 20.5. The van der Waals surface area contributed by atoms with Gasteiger partial charge in [0.2, 0.25) is 11.8 Å². The van der Waals surface area contributed by atoms with Crippen LogP contribution >= 0.6 is 23.1 Å². The first-order chi connectivity index (χ1) is 15.9. The van der Waals surface area contributed by atoms with Gasteiger partial charge in [0.05, 0.1) is 16.9 Å². The van der Waals surface area contributed by atoms with Gasteiger partial charge in [-0.3, -0.25) is 24.1 Å². The molecule has 7 atom stereocenters. The van der Waals surface area contributed by atoms with Crippen molar-refractivity contribution in [2.45, 2.75) is 35.5 Å². The van der Waals surface area contributed by atoms with Crippen LogP contribution in [0.1, 0.15) is 35.6 Å². The molecule has 172 valence electrons. The maximum absolute atomic E-state index is 13.3. The van der Waals surface area contributed by atoms with E-state index in [0.717, 1.165) is 33.2 Å². The molecule has 1 saturated heterocycles. The summed E-state index contributed by atoms with van der Waals surface area (Å²) in [4.78, 5) is 54.7. The molecule has 10 heteroatoms. The summed E-state index contributed by atoms with van der Waals surface area (Å²) in [6.45, 7) is 0.141. The summed E-state index contributed by atoms with van der Waals surface area (Å²) in [7, 11) is 0. The number of imide groups is 1. The monoisotopic (exact) mass is 486 g/mol. The van der Waals surface area contributed by atoms with Crippen LogP contribution in [0.15, 0.2) is 34.1 Å². The van der Waals surface area contributed by atoms with E-state index in [-0.39, 0.29) is 76.7 Å². The molecule has 2 amide bonds. The molecule has 33 heavy (non-hydrogen) atoms. The minimum atomic E-state index is -0.942. The third-order valence-corrected chi connectivity index (χ3v) is 10.4. The average Bonchev–Trinajstić information content (AvgIpc) is 3.49. The fourth-order valence-corrected chi connectivity index (χ4v) is 9.67. The van der Waals surface area contributed by atoms with Gasteiger partial charge in [0, 0.05) is 34.6 Å². The van der Waals surface area contributed by atoms with Crippen molar-refractivity contribution in [3.63, 3.8) is 0 Å². The number of amides is 2. The van der Waals surface area contributed by atoms with Gasteiger partial charge in [-0.05, 0) is 36.7 Å². The molecule has 0 radical (unpaired) electrons. The normalized spacial score (nSPS) is 33.8. The van der Waals surface area contributed by atoms with E-state index in [9.17, 15) is 24.3 Å². The molecule has 4 aliphatic rings. The number of rotatable bonds is 5. The fourth-order valence-electron chi connectivity index (χ4n) is 6.79. The number of phenolic OH excluding ortho intramolecular Hbond substituents is 1. The molecule has 7 unspecified atom stereocenters. The number of aliphatic carboxylic acids is 1. The number of carboxylic acid groups (broad SMARTS) is 1. The predicted octanol–water partition coefficient (Wildman–Crippen LogP) is 2.48. The van der Waals surface area contributed by atoms with Gasteiger partial charge in [-0.1, -0.05) is 29.5 Å². The Morgan fingerprint density at radius 3 is 2.58 bits per heavy atom. The number of hydrogen-bond donors (Lipinski definition) is 3. The quantitative estimate of drug-likeness (QED) is 0.554. The maximum Gasteiger partial charge on any atom is 0.305 e. The molecule has 3 heterocycles. The number of hydrogen-bond acceptors (Lipinski definition) is 7. The van der Waals surface area contributed by atoms with E-state index in [1.54, 1.807) is 23.9 Å². The number of likely N-dealkylation sites (tertiary alicyclic amines) is 1. The molecule has 2 aromatic rings. The molecular weight excluding hydrogens is 464 g/mol. The summed E-state index contributed by atoms with van der Waals surface area (Å²) in [5.41, 5.74) is 0.753. The van der Waals surface area contributed by atoms with Crippen molar-refractivity contribution in [1.82, 2.24) is 9.88 Å². The Balaban J connectivity index is 1.39. The highest BCUT2D eigenvalue weighted by atomic mass is 32.2. The highest BCUT2D eigenvalue weighted by Gasteiger charge is 2.69. The van der Waals surface area contributed by atoms with Crippen LogP contribution in [0.4, 0.5) is 0 Å². The Morgan fingerprint density at radius 2 is 1.85 bits per heavy atom. The largest absolute Gasteiger partial charge is 0.508 e. The Hall–Kier alpha value is -2.59. The summed E-state index contributed by atoms with van der Waals surface area (Å²) >= 11 is 2.76. The number of para-hydroxylation sites is 1. The fraction of sp³-hybridized carbons (Fsp3) is 0.478. The first-order valence-electron chi connectivity index (χ1n) is 11.1. The van der Waals surface area contributed by atoms with Gasteiger partial charge in [0.1, 0.15) is 5.75 Å². The Morgan fingerprint density at radius 1 is 1.12 bits per heavy atom. The molecule has 2 bridgehead atoms. The second-order valence-corrected chi connectivity index (χ2v) is 11.5. The molecule has 2 aliphatic heterocycles. The molecule has 1 aromatic carbocycles. The standard InChI is InChI=1S/C23H22N2O6S2/c26-12-5-2-1-4-9(12)14-15-10-8-11(18(15)32-20-19(14)33-23(31)24-20)17-16(10)21(29)25(22(17)30)7-3-6-13(27)28/h1-2,4-5,10-11,14-18,26H,3,6-8H2,(H,24,31)(H,27,28). The van der Waals surface area contributed by atoms with Gasteiger partial charge in [-0.15, -0.1) is 11.8 Å². The van der Waals surface area contributed by atoms with Crippen LogP contribution in [0.2, 0.25) is 0 Å². The Bertz CT molecular complexity index is 1240. The van der Waals surface area contributed by atoms with Crippen LogP contribution in [-0.4, -0.2) is 49.7 Å². The number of thiazole rings is 1. The highest BCUT2D eigenvalue weighted by Crippen LogP contribution is 2.68. The van der Waals surface area contributed by atoms with Crippen LogP contribution in [0, 0.1) is 29.6 Å². The molecule has 2 aliphatic carbocycles. The van der Waals surface area contributed by atoms with E-state index in [1.165, 1.54) is 4.90 Å². The van der Waals surface area contributed by atoms with Gasteiger partial charge < -0.3 is 15.2 Å². The van der Waals surface area contributed by atoms with Crippen LogP contribution < -0.4 is 4.87 Å². The minimum absolute atomic E-state index is 0.0147. The molecule has 8 nitrogen and oxygen atoms in total. The number of carbonyl (C=O) groups is 3. The maximum atomic E-state index is 13.3. The van der Waals surface area contributed by atoms with Crippen molar-refractivity contribution < 1.29 is 24.6 Å². The van der Waals surface area contributed by atoms with E-state index in [4.69, 9.17) is 5.11 Å². The lowest BCUT2D eigenvalue weighted by atomic mass is 9.68. The van der Waals surface area contributed by atoms with Crippen molar-refractivity contribution >= 4 is 40.9 Å². The molecule has 6 rings (SSSR count). The number of carbonyl (C=O) groups excluding carboxylic acids is 2. The number of carboxylic acids is 1. The van der Waals surface area contributed by atoms with Crippen molar-refractivity contribution in [3.05, 3.63) is 44.4 Å². The minimum Gasteiger partial charge on any atom is -0.508 e. The lowest BCUT2D eigenvalue weighted by molar-refractivity contribution is -0.142.